The summed E-state index contributed by atoms with van der Waals surface area (Å²) in [4.78, 5) is 11.3. The monoisotopic (exact) mass is 222 g/mol. The third kappa shape index (κ3) is 1.60. The van der Waals surface area contributed by atoms with Crippen molar-refractivity contribution in [3.05, 3.63) is 34.6 Å². The van der Waals surface area contributed by atoms with Gasteiger partial charge in [-0.1, -0.05) is 13.8 Å². The van der Waals surface area contributed by atoms with Gasteiger partial charge < -0.3 is 4.74 Å². The Hall–Kier alpha value is -1.38. The molecule has 2 nitrogen and oxygen atoms in total. The molecule has 16 heavy (non-hydrogen) atoms. The summed E-state index contributed by atoms with van der Waals surface area (Å²) in [7, 11) is 1.26. The van der Waals surface area contributed by atoms with Gasteiger partial charge in [0.1, 0.15) is 5.82 Å². The smallest absolute Gasteiger partial charge is 0.340 e. The second-order valence-electron chi connectivity index (χ2n) is 4.86. The lowest BCUT2D eigenvalue weighted by Crippen LogP contribution is -2.13. The lowest BCUT2D eigenvalue weighted by Gasteiger charge is -2.19. The molecule has 1 aromatic carbocycles. The molecular formula is C13H15FO2. The second-order valence-corrected chi connectivity index (χ2v) is 4.86. The van der Waals surface area contributed by atoms with Crippen molar-refractivity contribution in [3.8, 4) is 0 Å². The van der Waals surface area contributed by atoms with Crippen LogP contribution in [0.2, 0.25) is 0 Å². The molecule has 0 amide bonds. The lowest BCUT2D eigenvalue weighted by molar-refractivity contribution is 0.0595. The molecule has 0 fully saturated rings. The summed E-state index contributed by atoms with van der Waals surface area (Å²) in [6.07, 6.45) is 1.89. The summed E-state index contributed by atoms with van der Waals surface area (Å²) in [5.74, 6) is -1.09. The first-order valence-corrected chi connectivity index (χ1v) is 5.37. The van der Waals surface area contributed by atoms with E-state index >= 15 is 0 Å². The third-order valence-corrected chi connectivity index (χ3v) is 3.35. The first kappa shape index (κ1) is 11.1. The number of hydrogen-bond donors (Lipinski definition) is 0. The van der Waals surface area contributed by atoms with Crippen LogP contribution in [-0.2, 0) is 16.6 Å². The summed E-state index contributed by atoms with van der Waals surface area (Å²) in [6, 6.07) is 3.11. The molecule has 0 saturated heterocycles. The summed E-state index contributed by atoms with van der Waals surface area (Å²) in [5, 5.41) is 0. The van der Waals surface area contributed by atoms with Crippen LogP contribution in [0.5, 0.6) is 0 Å². The van der Waals surface area contributed by atoms with Gasteiger partial charge in [-0.05, 0) is 41.5 Å². The maximum absolute atomic E-state index is 13.7. The van der Waals surface area contributed by atoms with E-state index in [1.807, 2.05) is 0 Å². The van der Waals surface area contributed by atoms with Gasteiger partial charge in [-0.25, -0.2) is 9.18 Å². The van der Waals surface area contributed by atoms with Crippen LogP contribution in [-0.4, -0.2) is 13.1 Å². The van der Waals surface area contributed by atoms with Crippen molar-refractivity contribution in [3.63, 3.8) is 0 Å². The number of carbonyl (C=O) groups is 1. The van der Waals surface area contributed by atoms with Crippen LogP contribution < -0.4 is 0 Å². The number of methoxy groups -OCH3 is 1. The van der Waals surface area contributed by atoms with Crippen molar-refractivity contribution in [1.82, 2.24) is 0 Å². The van der Waals surface area contributed by atoms with Crippen LogP contribution in [0.25, 0.3) is 0 Å². The predicted molar refractivity (Wildman–Crippen MR) is 59.1 cm³/mol. The molecule has 0 radical (unpaired) electrons. The summed E-state index contributed by atoms with van der Waals surface area (Å²) < 4.78 is 18.3. The van der Waals surface area contributed by atoms with Gasteiger partial charge in [0.25, 0.3) is 0 Å². The number of esters is 1. The highest BCUT2D eigenvalue weighted by molar-refractivity contribution is 5.90. The molecule has 0 heterocycles. The Labute approximate surface area is 94.4 Å². The van der Waals surface area contributed by atoms with Crippen LogP contribution in [0.15, 0.2) is 12.1 Å². The first-order valence-electron chi connectivity index (χ1n) is 5.37. The highest BCUT2D eigenvalue weighted by atomic mass is 19.1. The van der Waals surface area contributed by atoms with Gasteiger partial charge in [-0.15, -0.1) is 0 Å². The molecule has 0 saturated carbocycles. The van der Waals surface area contributed by atoms with Crippen LogP contribution in [0.4, 0.5) is 4.39 Å². The molecule has 1 aromatic rings. The zero-order chi connectivity index (χ0) is 11.9. The number of benzene rings is 1. The Morgan fingerprint density at radius 1 is 1.44 bits per heavy atom. The minimum atomic E-state index is -0.606. The number of aryl methyl sites for hydroxylation is 1. The molecule has 0 spiro atoms. The van der Waals surface area contributed by atoms with Crippen molar-refractivity contribution < 1.29 is 13.9 Å². The summed E-state index contributed by atoms with van der Waals surface area (Å²) >= 11 is 0. The normalized spacial score (nSPS) is 17.0. The fourth-order valence-corrected chi connectivity index (χ4v) is 2.30. The second kappa shape index (κ2) is 3.58. The molecule has 86 valence electrons. The number of carbonyl (C=O) groups excluding carboxylic acids is 1. The van der Waals surface area contributed by atoms with Crippen LogP contribution in [0.1, 0.15) is 41.8 Å². The average molecular weight is 222 g/mol. The van der Waals surface area contributed by atoms with Crippen molar-refractivity contribution in [2.24, 2.45) is 0 Å². The Morgan fingerprint density at radius 2 is 2.12 bits per heavy atom. The van der Waals surface area contributed by atoms with Crippen molar-refractivity contribution in [2.45, 2.75) is 32.1 Å². The molecule has 0 N–H and O–H groups in total. The molecule has 1 aliphatic rings. The number of hydrogen-bond acceptors (Lipinski definition) is 2. The fraction of sp³-hybridized carbons (Fsp3) is 0.462. The SMILES string of the molecule is COC(=O)c1cc2c(cc1F)C(C)(C)CC2. The van der Waals surface area contributed by atoms with Gasteiger partial charge in [0.05, 0.1) is 12.7 Å². The van der Waals surface area contributed by atoms with E-state index in [2.05, 4.69) is 18.6 Å². The molecule has 0 aromatic heterocycles. The van der Waals surface area contributed by atoms with Crippen LogP contribution >= 0.6 is 0 Å². The van der Waals surface area contributed by atoms with Crippen molar-refractivity contribution >= 4 is 5.97 Å². The number of fused-ring (bicyclic) bond motifs is 1. The molecule has 0 bridgehead atoms. The van der Waals surface area contributed by atoms with Gasteiger partial charge in [0.2, 0.25) is 0 Å². The molecule has 0 aliphatic heterocycles. The lowest BCUT2D eigenvalue weighted by atomic mass is 9.86. The topological polar surface area (TPSA) is 26.3 Å². The minimum absolute atomic E-state index is 0.00478. The van der Waals surface area contributed by atoms with Gasteiger partial charge in [0.15, 0.2) is 0 Å². The molecule has 0 unspecified atom stereocenters. The largest absolute Gasteiger partial charge is 0.465 e. The van der Waals surface area contributed by atoms with E-state index in [0.29, 0.717) is 0 Å². The number of ether oxygens (including phenoxy) is 1. The minimum Gasteiger partial charge on any atom is -0.465 e. The van der Waals surface area contributed by atoms with Crippen molar-refractivity contribution in [1.29, 1.82) is 0 Å². The fourth-order valence-electron chi connectivity index (χ4n) is 2.30. The number of rotatable bonds is 1. The highest BCUT2D eigenvalue weighted by Crippen LogP contribution is 2.39. The number of halogens is 1. The standard InChI is InChI=1S/C13H15FO2/c1-13(2)5-4-8-6-9(12(15)16-3)11(14)7-10(8)13/h6-7H,4-5H2,1-3H3. The van der Waals surface area contributed by atoms with E-state index in [-0.39, 0.29) is 11.0 Å². The van der Waals surface area contributed by atoms with E-state index in [0.717, 1.165) is 24.0 Å². The van der Waals surface area contributed by atoms with Gasteiger partial charge in [0, 0.05) is 0 Å². The van der Waals surface area contributed by atoms with Gasteiger partial charge in [-0.3, -0.25) is 0 Å². The van der Waals surface area contributed by atoms with E-state index in [1.54, 1.807) is 6.07 Å². The quantitative estimate of drug-likeness (QED) is 0.683. The van der Waals surface area contributed by atoms with Crippen molar-refractivity contribution in [2.75, 3.05) is 7.11 Å². The Morgan fingerprint density at radius 3 is 2.75 bits per heavy atom. The predicted octanol–water partition coefficient (Wildman–Crippen LogP) is 2.84. The average Bonchev–Trinajstić information content (AvgIpc) is 2.53. The Balaban J connectivity index is 2.53. The van der Waals surface area contributed by atoms with Crippen LogP contribution in [0, 0.1) is 5.82 Å². The summed E-state index contributed by atoms with van der Waals surface area (Å²) in [6.45, 7) is 4.19. The van der Waals surface area contributed by atoms with E-state index in [4.69, 9.17) is 0 Å². The zero-order valence-electron chi connectivity index (χ0n) is 9.76. The third-order valence-electron chi connectivity index (χ3n) is 3.35. The van der Waals surface area contributed by atoms with E-state index in [1.165, 1.54) is 13.2 Å². The van der Waals surface area contributed by atoms with E-state index < -0.39 is 11.8 Å². The summed E-state index contributed by atoms with van der Waals surface area (Å²) in [5.41, 5.74) is 2.12. The maximum atomic E-state index is 13.7. The van der Waals surface area contributed by atoms with E-state index in [9.17, 15) is 9.18 Å². The Kier molecular flexibility index (Phi) is 2.49. The highest BCUT2D eigenvalue weighted by Gasteiger charge is 2.31. The molecule has 2 rings (SSSR count). The molecule has 1 aliphatic carbocycles. The molecule has 0 atom stereocenters. The Bertz CT molecular complexity index is 449. The molecular weight excluding hydrogens is 207 g/mol. The van der Waals surface area contributed by atoms with Crippen LogP contribution in [0.3, 0.4) is 0 Å². The zero-order valence-corrected chi connectivity index (χ0v) is 9.76. The van der Waals surface area contributed by atoms with Gasteiger partial charge >= 0.3 is 5.97 Å². The maximum Gasteiger partial charge on any atom is 0.340 e. The molecule has 3 heteroatoms. The van der Waals surface area contributed by atoms with Gasteiger partial charge in [-0.2, -0.15) is 0 Å². The first-order chi connectivity index (χ1) is 7.45.